The lowest BCUT2D eigenvalue weighted by molar-refractivity contribution is -0.111. The minimum atomic E-state index is -2.91. The van der Waals surface area contributed by atoms with Gasteiger partial charge in [-0.1, -0.05) is 48.5 Å². The van der Waals surface area contributed by atoms with Gasteiger partial charge in [0, 0.05) is 23.7 Å². The highest BCUT2D eigenvalue weighted by Gasteiger charge is 2.34. The van der Waals surface area contributed by atoms with E-state index in [1.807, 2.05) is 54.6 Å². The summed E-state index contributed by atoms with van der Waals surface area (Å²) < 4.78 is 26.8. The maximum Gasteiger partial charge on any atom is 0.282 e. The van der Waals surface area contributed by atoms with Crippen LogP contribution >= 0.6 is 0 Å². The molecule has 0 spiro atoms. The van der Waals surface area contributed by atoms with Crippen LogP contribution < -0.4 is 4.90 Å². The Kier molecular flexibility index (Phi) is 4.07. The van der Waals surface area contributed by atoms with Crippen LogP contribution in [0.15, 0.2) is 83.9 Å². The maximum atomic E-state index is 13.4. The van der Waals surface area contributed by atoms with Gasteiger partial charge in [0.15, 0.2) is 0 Å². The molecule has 0 radical (unpaired) electrons. The zero-order chi connectivity index (χ0) is 19.0. The number of carbonyl (C=O) groups is 1. The van der Waals surface area contributed by atoms with Crippen LogP contribution in [0.4, 0.5) is 25.8 Å². The first-order chi connectivity index (χ1) is 12.9. The number of rotatable bonds is 3. The molecule has 27 heavy (non-hydrogen) atoms. The summed E-state index contributed by atoms with van der Waals surface area (Å²) in [6, 6.07) is 22.4. The molecule has 0 saturated heterocycles. The molecular weight excluding hydrogens is 346 g/mol. The fourth-order valence-corrected chi connectivity index (χ4v) is 3.10. The Morgan fingerprint density at radius 1 is 0.852 bits per heavy atom. The molecule has 0 atom stereocenters. The summed E-state index contributed by atoms with van der Waals surface area (Å²) in [5.41, 5.74) is 2.89. The number of hydrogen-bond acceptors (Lipinski definition) is 2. The fourth-order valence-electron chi connectivity index (χ4n) is 3.10. The lowest BCUT2D eigenvalue weighted by atomic mass is 10.1. The van der Waals surface area contributed by atoms with Crippen LogP contribution in [0.5, 0.6) is 0 Å². The van der Waals surface area contributed by atoms with Gasteiger partial charge >= 0.3 is 0 Å². The van der Waals surface area contributed by atoms with Crippen molar-refractivity contribution in [2.24, 2.45) is 4.99 Å². The van der Waals surface area contributed by atoms with E-state index in [4.69, 9.17) is 0 Å². The van der Waals surface area contributed by atoms with Gasteiger partial charge in [-0.25, -0.2) is 13.8 Å². The first-order valence-electron chi connectivity index (χ1n) is 8.51. The van der Waals surface area contributed by atoms with Gasteiger partial charge in [-0.2, -0.15) is 0 Å². The number of amides is 1. The van der Waals surface area contributed by atoms with E-state index in [1.54, 1.807) is 4.90 Å². The number of carbonyl (C=O) groups excluding carboxylic acids is 1. The largest absolute Gasteiger partial charge is 0.282 e. The van der Waals surface area contributed by atoms with E-state index in [9.17, 15) is 13.6 Å². The summed E-state index contributed by atoms with van der Waals surface area (Å²) in [6.07, 6.45) is 0. The lowest BCUT2D eigenvalue weighted by Crippen LogP contribution is -2.25. The van der Waals surface area contributed by atoms with Gasteiger partial charge in [-0.05, 0) is 30.3 Å². The number of halogens is 2. The second kappa shape index (κ2) is 6.43. The lowest BCUT2D eigenvalue weighted by Gasteiger charge is -2.16. The average Bonchev–Trinajstić information content (AvgIpc) is 2.94. The Bertz CT molecular complexity index is 1020. The molecule has 0 fully saturated rings. The van der Waals surface area contributed by atoms with Crippen LogP contribution in [-0.2, 0) is 10.7 Å². The van der Waals surface area contributed by atoms with E-state index in [2.05, 4.69) is 4.99 Å². The van der Waals surface area contributed by atoms with Crippen LogP contribution in [0.3, 0.4) is 0 Å². The molecule has 1 aliphatic heterocycles. The minimum Gasteiger partial charge on any atom is -0.275 e. The summed E-state index contributed by atoms with van der Waals surface area (Å²) in [5, 5.41) is 0. The fraction of sp³-hybridized carbons (Fsp3) is 0.0909. The first kappa shape index (κ1) is 17.1. The molecule has 0 saturated carbocycles. The molecule has 0 bridgehead atoms. The highest BCUT2D eigenvalue weighted by molar-refractivity contribution is 6.56. The van der Waals surface area contributed by atoms with Crippen molar-refractivity contribution in [1.29, 1.82) is 0 Å². The molecule has 0 aliphatic carbocycles. The van der Waals surface area contributed by atoms with Crippen LogP contribution in [-0.4, -0.2) is 11.6 Å². The molecule has 3 aromatic rings. The smallest absolute Gasteiger partial charge is 0.275 e. The number of alkyl halides is 2. The van der Waals surface area contributed by atoms with Gasteiger partial charge in [-0.15, -0.1) is 0 Å². The highest BCUT2D eigenvalue weighted by atomic mass is 19.3. The van der Waals surface area contributed by atoms with E-state index in [0.29, 0.717) is 11.4 Å². The van der Waals surface area contributed by atoms with Crippen molar-refractivity contribution in [2.75, 3.05) is 4.90 Å². The summed E-state index contributed by atoms with van der Waals surface area (Å²) >= 11 is 0. The Morgan fingerprint density at radius 3 is 2.15 bits per heavy atom. The molecule has 0 unspecified atom stereocenters. The predicted molar refractivity (Wildman–Crippen MR) is 102 cm³/mol. The van der Waals surface area contributed by atoms with Crippen LogP contribution in [0, 0.1) is 0 Å². The normalized spacial score (nSPS) is 15.3. The summed E-state index contributed by atoms with van der Waals surface area (Å²) in [6.45, 7) is 0.850. The zero-order valence-corrected chi connectivity index (χ0v) is 14.6. The topological polar surface area (TPSA) is 32.7 Å². The van der Waals surface area contributed by atoms with E-state index >= 15 is 0 Å². The van der Waals surface area contributed by atoms with Gasteiger partial charge in [0.25, 0.3) is 11.8 Å². The van der Waals surface area contributed by atoms with Crippen molar-refractivity contribution in [1.82, 2.24) is 0 Å². The third kappa shape index (κ3) is 3.12. The van der Waals surface area contributed by atoms with Gasteiger partial charge in [-0.3, -0.25) is 9.69 Å². The summed E-state index contributed by atoms with van der Waals surface area (Å²) in [5.74, 6) is -3.15. The van der Waals surface area contributed by atoms with E-state index in [0.717, 1.165) is 23.9 Å². The summed E-state index contributed by atoms with van der Waals surface area (Å²) in [4.78, 5) is 19.1. The second-order valence-electron chi connectivity index (χ2n) is 6.39. The Hall–Kier alpha value is -3.34. The molecular formula is C22H16F2N2O. The third-order valence-electron chi connectivity index (χ3n) is 4.44. The van der Waals surface area contributed by atoms with E-state index in [1.165, 1.54) is 24.3 Å². The SMILES string of the molecule is CC(F)(F)c1ccc(N=C2C(=O)N(c3ccccc3)c3ccccc32)cc1. The van der Waals surface area contributed by atoms with Gasteiger partial charge in [0.2, 0.25) is 0 Å². The Morgan fingerprint density at radius 2 is 1.48 bits per heavy atom. The van der Waals surface area contributed by atoms with Crippen LogP contribution in [0.2, 0.25) is 0 Å². The van der Waals surface area contributed by atoms with Crippen molar-refractivity contribution < 1.29 is 13.6 Å². The molecule has 3 nitrogen and oxygen atoms in total. The number of hydrogen-bond donors (Lipinski definition) is 0. The molecule has 1 amide bonds. The monoisotopic (exact) mass is 362 g/mol. The van der Waals surface area contributed by atoms with Crippen molar-refractivity contribution >= 4 is 28.7 Å². The van der Waals surface area contributed by atoms with Crippen molar-refractivity contribution in [2.45, 2.75) is 12.8 Å². The average molecular weight is 362 g/mol. The number of anilines is 2. The molecule has 0 N–H and O–H groups in total. The third-order valence-corrected chi connectivity index (χ3v) is 4.44. The molecule has 0 aromatic heterocycles. The number of benzene rings is 3. The van der Waals surface area contributed by atoms with Gasteiger partial charge < -0.3 is 0 Å². The zero-order valence-electron chi connectivity index (χ0n) is 14.6. The second-order valence-corrected chi connectivity index (χ2v) is 6.39. The number of para-hydroxylation sites is 2. The predicted octanol–water partition coefficient (Wildman–Crippen LogP) is 5.60. The Labute approximate surface area is 155 Å². The minimum absolute atomic E-state index is 0.0875. The van der Waals surface area contributed by atoms with Crippen LogP contribution in [0.1, 0.15) is 18.1 Å². The molecule has 1 heterocycles. The standard InChI is InChI=1S/C22H16F2N2O/c1-22(23,24)15-11-13-16(14-12-15)25-20-18-9-5-6-10-19(18)26(21(20)27)17-7-3-2-4-8-17/h2-14H,1H3. The molecule has 1 aliphatic rings. The van der Waals surface area contributed by atoms with Crippen molar-refractivity contribution in [3.05, 3.63) is 90.0 Å². The first-order valence-corrected chi connectivity index (χ1v) is 8.51. The molecule has 3 aromatic carbocycles. The van der Waals surface area contributed by atoms with Gasteiger partial charge in [0.05, 0.1) is 11.4 Å². The number of aliphatic imine (C=N–C) groups is 1. The van der Waals surface area contributed by atoms with Crippen LogP contribution in [0.25, 0.3) is 0 Å². The molecule has 4 rings (SSSR count). The van der Waals surface area contributed by atoms with E-state index in [-0.39, 0.29) is 11.5 Å². The maximum absolute atomic E-state index is 13.4. The summed E-state index contributed by atoms with van der Waals surface area (Å²) in [7, 11) is 0. The highest BCUT2D eigenvalue weighted by Crippen LogP contribution is 2.36. The van der Waals surface area contributed by atoms with E-state index < -0.39 is 5.92 Å². The van der Waals surface area contributed by atoms with Crippen molar-refractivity contribution in [3.63, 3.8) is 0 Å². The molecule has 134 valence electrons. The quantitative estimate of drug-likeness (QED) is 0.597. The van der Waals surface area contributed by atoms with Gasteiger partial charge in [0.1, 0.15) is 5.71 Å². The molecule has 5 heteroatoms. The van der Waals surface area contributed by atoms with Crippen molar-refractivity contribution in [3.8, 4) is 0 Å². The number of nitrogens with zero attached hydrogens (tertiary/aromatic N) is 2. The number of fused-ring (bicyclic) bond motifs is 1. The Balaban J connectivity index is 1.77.